The van der Waals surface area contributed by atoms with Crippen LogP contribution in [-0.2, 0) is 9.59 Å². The molecule has 2 aromatic rings. The van der Waals surface area contributed by atoms with Crippen molar-refractivity contribution in [2.75, 3.05) is 5.32 Å². The van der Waals surface area contributed by atoms with E-state index in [-0.39, 0.29) is 17.7 Å². The van der Waals surface area contributed by atoms with E-state index >= 15 is 0 Å². The van der Waals surface area contributed by atoms with Gasteiger partial charge >= 0.3 is 0 Å². The molecule has 1 N–H and O–H groups in total. The lowest BCUT2D eigenvalue weighted by molar-refractivity contribution is -0.314. The number of rotatable bonds is 5. The van der Waals surface area contributed by atoms with Gasteiger partial charge in [-0.15, -0.1) is 11.3 Å². The summed E-state index contributed by atoms with van der Waals surface area (Å²) < 4.78 is 0. The van der Waals surface area contributed by atoms with Crippen LogP contribution in [0.1, 0.15) is 44.6 Å². The van der Waals surface area contributed by atoms with Crippen LogP contribution in [0.2, 0.25) is 0 Å². The van der Waals surface area contributed by atoms with Gasteiger partial charge in [0.15, 0.2) is 5.13 Å². The van der Waals surface area contributed by atoms with E-state index in [0.29, 0.717) is 11.0 Å². The van der Waals surface area contributed by atoms with Gasteiger partial charge in [-0.3, -0.25) is 4.79 Å². The fraction of sp³-hybridized carbons (Fsp3) is 0.476. The minimum atomic E-state index is -1.09. The second-order valence-electron chi connectivity index (χ2n) is 8.01. The molecule has 0 unspecified atom stereocenters. The number of thiazole rings is 1. The first-order valence-electron chi connectivity index (χ1n) is 9.51. The van der Waals surface area contributed by atoms with E-state index in [1.807, 2.05) is 17.5 Å². The van der Waals surface area contributed by atoms with E-state index in [4.69, 9.17) is 0 Å². The number of aromatic nitrogens is 1. The number of anilines is 1. The Hall–Kier alpha value is -2.21. The molecule has 1 heterocycles. The summed E-state index contributed by atoms with van der Waals surface area (Å²) >= 11 is 1.37. The van der Waals surface area contributed by atoms with Crippen LogP contribution in [0.5, 0.6) is 0 Å². The highest BCUT2D eigenvalue weighted by Gasteiger charge is 2.51. The highest BCUT2D eigenvalue weighted by molar-refractivity contribution is 7.14. The standard InChI is InChI=1S/C21H24N2O3S/c1-11(2)12-3-5-13(6-4-12)16-10-27-21(22-16)23-19(24)17-14-7-8-15(9-14)18(17)20(25)26/h3-6,10-11,14-15,17-18H,7-9H2,1-2H3,(H,25,26)(H,22,23,24)/p-1/t14-,15+,17+,18+/m1/s1. The molecule has 2 aliphatic carbocycles. The third-order valence-electron chi connectivity index (χ3n) is 6.10. The molecule has 4 atom stereocenters. The average Bonchev–Trinajstić information content (AvgIpc) is 3.37. The summed E-state index contributed by atoms with van der Waals surface area (Å²) in [5.74, 6) is -1.76. The van der Waals surface area contributed by atoms with Gasteiger partial charge in [0.2, 0.25) is 5.91 Å². The predicted octanol–water partition coefficient (Wildman–Crippen LogP) is 3.28. The third kappa shape index (κ3) is 3.38. The fourth-order valence-electron chi connectivity index (χ4n) is 4.70. The molecular formula is C21H23N2O3S-. The number of amides is 1. The van der Waals surface area contributed by atoms with E-state index in [2.05, 4.69) is 36.3 Å². The van der Waals surface area contributed by atoms with E-state index in [1.54, 1.807) is 0 Å². The zero-order valence-corrected chi connectivity index (χ0v) is 16.3. The SMILES string of the molecule is CC(C)c1ccc(-c2csc(NC(=O)[C@H]3[C@@H]4CC[C@@H](C4)[C@@H]3C(=O)[O-])n2)cc1. The normalized spacial score (nSPS) is 26.5. The minimum Gasteiger partial charge on any atom is -0.550 e. The van der Waals surface area contributed by atoms with Crippen molar-refractivity contribution in [3.8, 4) is 11.3 Å². The van der Waals surface area contributed by atoms with Crippen molar-refractivity contribution >= 4 is 28.3 Å². The molecule has 2 fully saturated rings. The summed E-state index contributed by atoms with van der Waals surface area (Å²) in [4.78, 5) is 28.8. The quantitative estimate of drug-likeness (QED) is 0.859. The van der Waals surface area contributed by atoms with Gasteiger partial charge in [-0.2, -0.15) is 0 Å². The van der Waals surface area contributed by atoms with Crippen LogP contribution in [0.4, 0.5) is 5.13 Å². The molecule has 1 aromatic carbocycles. The molecular weight excluding hydrogens is 360 g/mol. The zero-order chi connectivity index (χ0) is 19.1. The molecule has 1 amide bonds. The number of aliphatic carboxylic acids is 1. The Balaban J connectivity index is 1.47. The van der Waals surface area contributed by atoms with Gasteiger partial charge in [0.05, 0.1) is 5.69 Å². The Kier molecular flexibility index (Phi) is 4.76. The molecule has 2 aliphatic rings. The number of nitrogens with one attached hydrogen (secondary N) is 1. The van der Waals surface area contributed by atoms with Crippen molar-refractivity contribution in [3.05, 3.63) is 35.2 Å². The van der Waals surface area contributed by atoms with Gasteiger partial charge in [0.25, 0.3) is 0 Å². The molecule has 27 heavy (non-hydrogen) atoms. The largest absolute Gasteiger partial charge is 0.550 e. The topological polar surface area (TPSA) is 82.1 Å². The van der Waals surface area contributed by atoms with Crippen LogP contribution in [-0.4, -0.2) is 16.9 Å². The highest BCUT2D eigenvalue weighted by Crippen LogP contribution is 2.52. The van der Waals surface area contributed by atoms with Gasteiger partial charge in [-0.25, -0.2) is 4.98 Å². The highest BCUT2D eigenvalue weighted by atomic mass is 32.1. The first kappa shape index (κ1) is 18.2. The van der Waals surface area contributed by atoms with Gasteiger partial charge < -0.3 is 15.2 Å². The molecule has 1 aromatic heterocycles. The Bertz CT molecular complexity index is 859. The molecule has 6 heteroatoms. The van der Waals surface area contributed by atoms with Crippen molar-refractivity contribution in [2.45, 2.75) is 39.0 Å². The Morgan fingerprint density at radius 1 is 1.15 bits per heavy atom. The van der Waals surface area contributed by atoms with Crippen molar-refractivity contribution in [2.24, 2.45) is 23.7 Å². The number of carbonyl (C=O) groups excluding carboxylic acids is 2. The van der Waals surface area contributed by atoms with Crippen LogP contribution in [0, 0.1) is 23.7 Å². The van der Waals surface area contributed by atoms with E-state index in [1.165, 1.54) is 16.9 Å². The van der Waals surface area contributed by atoms with Crippen LogP contribution in [0.25, 0.3) is 11.3 Å². The second-order valence-corrected chi connectivity index (χ2v) is 8.87. The second kappa shape index (κ2) is 7.08. The first-order valence-corrected chi connectivity index (χ1v) is 10.4. The molecule has 0 saturated heterocycles. The maximum absolute atomic E-state index is 12.7. The monoisotopic (exact) mass is 383 g/mol. The molecule has 142 valence electrons. The average molecular weight is 383 g/mol. The smallest absolute Gasteiger partial charge is 0.230 e. The summed E-state index contributed by atoms with van der Waals surface area (Å²) in [5, 5.41) is 16.8. The molecule has 0 spiro atoms. The van der Waals surface area contributed by atoms with Gasteiger partial charge in [-0.05, 0) is 42.6 Å². The maximum Gasteiger partial charge on any atom is 0.230 e. The Labute approximate surface area is 162 Å². The number of hydrogen-bond acceptors (Lipinski definition) is 5. The number of hydrogen-bond donors (Lipinski definition) is 1. The molecule has 2 saturated carbocycles. The van der Waals surface area contributed by atoms with Gasteiger partial charge in [-0.1, -0.05) is 38.1 Å². The van der Waals surface area contributed by atoms with Gasteiger partial charge in [0.1, 0.15) is 0 Å². The lowest BCUT2D eigenvalue weighted by atomic mass is 9.79. The molecule has 4 rings (SSSR count). The molecule has 2 bridgehead atoms. The Morgan fingerprint density at radius 2 is 1.81 bits per heavy atom. The summed E-state index contributed by atoms with van der Waals surface area (Å²) in [6.07, 6.45) is 2.64. The van der Waals surface area contributed by atoms with Crippen molar-refractivity contribution in [3.63, 3.8) is 0 Å². The lowest BCUT2D eigenvalue weighted by Crippen LogP contribution is -2.43. The van der Waals surface area contributed by atoms with Crippen LogP contribution >= 0.6 is 11.3 Å². The number of fused-ring (bicyclic) bond motifs is 2. The number of carboxylic acid groups (broad SMARTS) is 1. The van der Waals surface area contributed by atoms with Crippen molar-refractivity contribution in [1.82, 2.24) is 4.98 Å². The molecule has 0 radical (unpaired) electrons. The number of carbonyl (C=O) groups is 2. The van der Waals surface area contributed by atoms with E-state index < -0.39 is 17.8 Å². The van der Waals surface area contributed by atoms with Crippen LogP contribution in [0.15, 0.2) is 29.6 Å². The number of nitrogens with zero attached hydrogens (tertiary/aromatic N) is 1. The van der Waals surface area contributed by atoms with Gasteiger partial charge in [0, 0.05) is 28.7 Å². The zero-order valence-electron chi connectivity index (χ0n) is 15.5. The van der Waals surface area contributed by atoms with Crippen molar-refractivity contribution < 1.29 is 14.7 Å². The minimum absolute atomic E-state index is 0.0853. The fourth-order valence-corrected chi connectivity index (χ4v) is 5.42. The van der Waals surface area contributed by atoms with Crippen molar-refractivity contribution in [1.29, 1.82) is 0 Å². The number of benzene rings is 1. The summed E-state index contributed by atoms with van der Waals surface area (Å²) in [6.45, 7) is 4.31. The van der Waals surface area contributed by atoms with Crippen LogP contribution in [0.3, 0.4) is 0 Å². The van der Waals surface area contributed by atoms with Crippen LogP contribution < -0.4 is 10.4 Å². The summed E-state index contributed by atoms with van der Waals surface area (Å²) in [7, 11) is 0. The lowest BCUT2D eigenvalue weighted by Gasteiger charge is -2.30. The maximum atomic E-state index is 12.7. The van der Waals surface area contributed by atoms with E-state index in [0.717, 1.165) is 30.5 Å². The summed E-state index contributed by atoms with van der Waals surface area (Å²) in [6, 6.07) is 8.27. The predicted molar refractivity (Wildman–Crippen MR) is 103 cm³/mol. The first-order chi connectivity index (χ1) is 12.9. The Morgan fingerprint density at radius 3 is 2.44 bits per heavy atom. The number of carboxylic acids is 1. The third-order valence-corrected chi connectivity index (χ3v) is 6.86. The summed E-state index contributed by atoms with van der Waals surface area (Å²) in [5.41, 5.74) is 3.09. The molecule has 5 nitrogen and oxygen atoms in total. The van der Waals surface area contributed by atoms with E-state index in [9.17, 15) is 14.7 Å². The molecule has 0 aliphatic heterocycles.